The second-order valence-electron chi connectivity index (χ2n) is 6.43. The van der Waals surface area contributed by atoms with Gasteiger partial charge in [-0.25, -0.2) is 4.79 Å². The highest BCUT2D eigenvalue weighted by molar-refractivity contribution is 9.11. The minimum atomic E-state index is -1.10. The van der Waals surface area contributed by atoms with Crippen molar-refractivity contribution in [1.29, 1.82) is 0 Å². The van der Waals surface area contributed by atoms with Crippen LogP contribution in [0.4, 0.5) is 5.69 Å². The Morgan fingerprint density at radius 1 is 0.935 bits per heavy atom. The van der Waals surface area contributed by atoms with Crippen molar-refractivity contribution in [3.05, 3.63) is 86.8 Å². The number of carbonyl (C=O) groups excluding carboxylic acids is 1. The van der Waals surface area contributed by atoms with Gasteiger partial charge in [-0.1, -0.05) is 30.3 Å². The quantitative estimate of drug-likeness (QED) is 0.237. The largest absolute Gasteiger partial charge is 0.508 e. The van der Waals surface area contributed by atoms with Crippen LogP contribution in [0.25, 0.3) is 0 Å². The Hall–Kier alpha value is -3.04. The van der Waals surface area contributed by atoms with E-state index in [1.807, 2.05) is 0 Å². The van der Waals surface area contributed by atoms with Crippen molar-refractivity contribution >= 4 is 49.4 Å². The number of aromatic hydroxyl groups is 2. The Labute approximate surface area is 195 Å². The van der Waals surface area contributed by atoms with Crippen LogP contribution in [0.15, 0.2) is 75.7 Å². The zero-order valence-corrected chi connectivity index (χ0v) is 19.3. The highest BCUT2D eigenvalue weighted by Crippen LogP contribution is 2.33. The van der Waals surface area contributed by atoms with Gasteiger partial charge in [-0.2, -0.15) is 0 Å². The van der Waals surface area contributed by atoms with Crippen molar-refractivity contribution in [2.75, 3.05) is 5.73 Å². The van der Waals surface area contributed by atoms with E-state index in [-0.39, 0.29) is 17.9 Å². The third-order valence-electron chi connectivity index (χ3n) is 4.05. The van der Waals surface area contributed by atoms with Gasteiger partial charge >= 0.3 is 5.97 Å². The fourth-order valence-corrected chi connectivity index (χ4v) is 3.71. The van der Waals surface area contributed by atoms with Crippen LogP contribution >= 0.6 is 31.9 Å². The van der Waals surface area contributed by atoms with E-state index in [0.717, 1.165) is 0 Å². The third kappa shape index (κ3) is 7.62. The Kier molecular flexibility index (Phi) is 8.89. The molecule has 162 valence electrons. The van der Waals surface area contributed by atoms with Crippen molar-refractivity contribution in [2.45, 2.75) is 12.5 Å². The Balaban J connectivity index is 0.000000285. The van der Waals surface area contributed by atoms with E-state index in [1.165, 1.54) is 12.1 Å². The Morgan fingerprint density at radius 3 is 2.00 bits per heavy atom. The molecular weight excluding hydrogens is 532 g/mol. The maximum atomic E-state index is 12.0. The van der Waals surface area contributed by atoms with Crippen LogP contribution in [-0.2, 0) is 11.2 Å². The van der Waals surface area contributed by atoms with Crippen LogP contribution in [0.2, 0.25) is 0 Å². The smallest absolute Gasteiger partial charge is 0.326 e. The second kappa shape index (κ2) is 11.4. The lowest BCUT2D eigenvalue weighted by molar-refractivity contribution is -0.139. The van der Waals surface area contributed by atoms with Crippen molar-refractivity contribution in [2.24, 2.45) is 0 Å². The first-order valence-electron chi connectivity index (χ1n) is 8.97. The number of amides is 1. The Morgan fingerprint density at radius 2 is 1.48 bits per heavy atom. The molecule has 31 heavy (non-hydrogen) atoms. The topological polar surface area (TPSA) is 133 Å². The van der Waals surface area contributed by atoms with Gasteiger partial charge in [0.25, 0.3) is 5.91 Å². The molecule has 3 aromatic carbocycles. The SMILES string of the molecule is Nc1cc(Br)c(O)c(Br)c1.O=C(N[C@@H](Cc1ccc(O)cc1)C(=O)O)c1ccccc1. The van der Waals surface area contributed by atoms with Gasteiger partial charge in [-0.15, -0.1) is 0 Å². The average Bonchev–Trinajstić information content (AvgIpc) is 2.74. The molecule has 7 nitrogen and oxygen atoms in total. The number of carboxylic acid groups (broad SMARTS) is 1. The molecule has 1 atom stereocenters. The number of phenols is 2. The summed E-state index contributed by atoms with van der Waals surface area (Å²) in [6, 6.07) is 16.9. The summed E-state index contributed by atoms with van der Waals surface area (Å²) in [5.74, 6) is -1.25. The maximum absolute atomic E-state index is 12.0. The van der Waals surface area contributed by atoms with E-state index in [1.54, 1.807) is 54.6 Å². The zero-order valence-electron chi connectivity index (χ0n) is 16.1. The minimum Gasteiger partial charge on any atom is -0.508 e. The average molecular weight is 552 g/mol. The van der Waals surface area contributed by atoms with Crippen LogP contribution in [0.3, 0.4) is 0 Å². The maximum Gasteiger partial charge on any atom is 0.326 e. The molecule has 0 heterocycles. The first-order chi connectivity index (χ1) is 14.7. The van der Waals surface area contributed by atoms with Crippen molar-refractivity contribution in [3.63, 3.8) is 0 Å². The Bertz CT molecular complexity index is 1020. The van der Waals surface area contributed by atoms with Gasteiger partial charge in [0, 0.05) is 17.7 Å². The van der Waals surface area contributed by atoms with Crippen LogP contribution < -0.4 is 11.1 Å². The lowest BCUT2D eigenvalue weighted by Crippen LogP contribution is -2.42. The molecule has 9 heteroatoms. The predicted molar refractivity (Wildman–Crippen MR) is 125 cm³/mol. The minimum absolute atomic E-state index is 0.110. The van der Waals surface area contributed by atoms with Crippen LogP contribution in [0, 0.1) is 0 Å². The van der Waals surface area contributed by atoms with Gasteiger partial charge < -0.3 is 26.4 Å². The number of hydrogen-bond acceptors (Lipinski definition) is 5. The van der Waals surface area contributed by atoms with Crippen LogP contribution in [0.1, 0.15) is 15.9 Å². The normalized spacial score (nSPS) is 11.0. The van der Waals surface area contributed by atoms with E-state index < -0.39 is 17.9 Å². The summed E-state index contributed by atoms with van der Waals surface area (Å²) in [6.45, 7) is 0. The third-order valence-corrected chi connectivity index (χ3v) is 5.26. The molecule has 0 spiro atoms. The van der Waals surface area contributed by atoms with Gasteiger partial charge in [0.1, 0.15) is 17.5 Å². The van der Waals surface area contributed by atoms with Gasteiger partial charge in [0.15, 0.2) is 0 Å². The molecule has 0 saturated carbocycles. The van der Waals surface area contributed by atoms with Gasteiger partial charge in [0.05, 0.1) is 8.95 Å². The standard InChI is InChI=1S/C16H15NO4.C6H5Br2NO/c18-13-8-6-11(7-9-13)10-14(16(20)21)17-15(19)12-4-2-1-3-5-12;7-4-1-3(9)2-5(8)6(4)10/h1-9,14,18H,10H2,(H,17,19)(H,20,21);1-2,10H,9H2/t14-;/m0./s1. The molecule has 0 aliphatic rings. The summed E-state index contributed by atoms with van der Waals surface area (Å²) in [5, 5.41) is 30.1. The molecule has 0 unspecified atom stereocenters. The fraction of sp³-hybridized carbons (Fsp3) is 0.0909. The van der Waals surface area contributed by atoms with E-state index in [0.29, 0.717) is 25.8 Å². The molecule has 0 fully saturated rings. The number of phenolic OH excluding ortho intramolecular Hbond substituents is 2. The van der Waals surface area contributed by atoms with Crippen LogP contribution in [-0.4, -0.2) is 33.2 Å². The number of nitrogen functional groups attached to an aromatic ring is 1. The molecule has 6 N–H and O–H groups in total. The van der Waals surface area contributed by atoms with Crippen molar-refractivity contribution in [3.8, 4) is 11.5 Å². The summed E-state index contributed by atoms with van der Waals surface area (Å²) < 4.78 is 1.19. The number of nitrogens with one attached hydrogen (secondary N) is 1. The van der Waals surface area contributed by atoms with Crippen molar-refractivity contribution < 1.29 is 24.9 Å². The highest BCUT2D eigenvalue weighted by atomic mass is 79.9. The summed E-state index contributed by atoms with van der Waals surface area (Å²) in [7, 11) is 0. The lowest BCUT2D eigenvalue weighted by Gasteiger charge is -2.14. The van der Waals surface area contributed by atoms with E-state index in [4.69, 9.17) is 5.73 Å². The highest BCUT2D eigenvalue weighted by Gasteiger charge is 2.21. The molecule has 0 aliphatic carbocycles. The van der Waals surface area contributed by atoms with Crippen molar-refractivity contribution in [1.82, 2.24) is 5.32 Å². The monoisotopic (exact) mass is 550 g/mol. The summed E-state index contributed by atoms with van der Waals surface area (Å²) in [5.41, 5.74) is 7.19. The molecule has 1 amide bonds. The molecule has 0 aliphatic heterocycles. The van der Waals surface area contributed by atoms with Gasteiger partial charge in [0.2, 0.25) is 0 Å². The number of carboxylic acids is 1. The number of anilines is 1. The number of benzene rings is 3. The number of carbonyl (C=O) groups is 2. The summed E-state index contributed by atoms with van der Waals surface area (Å²) in [6.07, 6.45) is 0.147. The summed E-state index contributed by atoms with van der Waals surface area (Å²) in [4.78, 5) is 23.3. The summed E-state index contributed by atoms with van der Waals surface area (Å²) >= 11 is 6.27. The lowest BCUT2D eigenvalue weighted by atomic mass is 10.1. The molecule has 3 aromatic rings. The van der Waals surface area contributed by atoms with Gasteiger partial charge in [-0.3, -0.25) is 4.79 Å². The van der Waals surface area contributed by atoms with Gasteiger partial charge in [-0.05, 0) is 73.8 Å². The number of rotatable bonds is 5. The number of nitrogens with two attached hydrogens (primary N) is 1. The molecule has 0 saturated heterocycles. The number of halogens is 2. The number of hydrogen-bond donors (Lipinski definition) is 5. The predicted octanol–water partition coefficient (Wildman–Crippen LogP) is 4.32. The number of aliphatic carboxylic acids is 1. The van der Waals surface area contributed by atoms with Crippen LogP contribution in [0.5, 0.6) is 11.5 Å². The first kappa shape index (κ1) is 24.2. The molecule has 3 rings (SSSR count). The first-order valence-corrected chi connectivity index (χ1v) is 10.6. The molecule has 0 aromatic heterocycles. The zero-order chi connectivity index (χ0) is 23.0. The molecular formula is C22H20Br2N2O5. The van der Waals surface area contributed by atoms with E-state index in [2.05, 4.69) is 37.2 Å². The fourth-order valence-electron chi connectivity index (χ4n) is 2.48. The van der Waals surface area contributed by atoms with E-state index in [9.17, 15) is 24.9 Å². The molecule has 0 radical (unpaired) electrons. The van der Waals surface area contributed by atoms with E-state index >= 15 is 0 Å². The molecule has 0 bridgehead atoms. The second-order valence-corrected chi connectivity index (χ2v) is 8.14.